The van der Waals surface area contributed by atoms with Crippen molar-refractivity contribution in [3.8, 4) is 17.4 Å². The number of halogens is 2. The molecule has 0 N–H and O–H groups in total. The van der Waals surface area contributed by atoms with Crippen LogP contribution in [0.5, 0.6) is 6.01 Å². The maximum absolute atomic E-state index is 13.8. The number of methoxy groups -OCH3 is 1. The van der Waals surface area contributed by atoms with Gasteiger partial charge in [0, 0.05) is 13.1 Å². The van der Waals surface area contributed by atoms with Crippen molar-refractivity contribution in [2.45, 2.75) is 6.42 Å². The van der Waals surface area contributed by atoms with Crippen LogP contribution >= 0.6 is 0 Å². The van der Waals surface area contributed by atoms with Gasteiger partial charge in [-0.2, -0.15) is 4.98 Å². The lowest BCUT2D eigenvalue weighted by Crippen LogP contribution is -2.17. The van der Waals surface area contributed by atoms with E-state index in [-0.39, 0.29) is 30.4 Å². The van der Waals surface area contributed by atoms with Crippen LogP contribution in [0.2, 0.25) is 0 Å². The Balaban J connectivity index is 1.94. The van der Waals surface area contributed by atoms with E-state index < -0.39 is 30.2 Å². The summed E-state index contributed by atoms with van der Waals surface area (Å²) >= 11 is 0. The van der Waals surface area contributed by atoms with Crippen LogP contribution < -0.4 is 4.74 Å². The highest BCUT2D eigenvalue weighted by atomic mass is 19.1. The lowest BCUT2D eigenvalue weighted by atomic mass is 10.2. The minimum Gasteiger partial charge on any atom is -0.469 e. The van der Waals surface area contributed by atoms with Crippen LogP contribution in [-0.4, -0.2) is 47.0 Å². The maximum Gasteiger partial charge on any atom is 0.344 e. The van der Waals surface area contributed by atoms with Gasteiger partial charge in [0.2, 0.25) is 0 Å². The van der Waals surface area contributed by atoms with Gasteiger partial charge in [-0.15, -0.1) is 5.10 Å². The van der Waals surface area contributed by atoms with Crippen LogP contribution in [0, 0.1) is 11.6 Å². The molecule has 10 heteroatoms. The van der Waals surface area contributed by atoms with Gasteiger partial charge >= 0.3 is 17.9 Å². The SMILES string of the molecule is COC(=O)CCOC(=O)COc1nc(-c2ccc(F)cc2F)n(C)n1. The number of esters is 2. The van der Waals surface area contributed by atoms with Crippen molar-refractivity contribution in [3.05, 3.63) is 29.8 Å². The van der Waals surface area contributed by atoms with Crippen molar-refractivity contribution < 1.29 is 32.6 Å². The molecular weight excluding hydrogens is 340 g/mol. The molecule has 0 saturated carbocycles. The van der Waals surface area contributed by atoms with Crippen LogP contribution in [0.15, 0.2) is 18.2 Å². The fourth-order valence-electron chi connectivity index (χ4n) is 1.84. The maximum atomic E-state index is 13.8. The second kappa shape index (κ2) is 8.18. The summed E-state index contributed by atoms with van der Waals surface area (Å²) in [6, 6.07) is 2.86. The fraction of sp³-hybridized carbons (Fsp3) is 0.333. The van der Waals surface area contributed by atoms with Crippen molar-refractivity contribution in [1.29, 1.82) is 0 Å². The normalized spacial score (nSPS) is 10.4. The Morgan fingerprint density at radius 3 is 2.68 bits per heavy atom. The zero-order chi connectivity index (χ0) is 18.4. The molecule has 1 aromatic heterocycles. The standard InChI is InChI=1S/C15H15F2N3O5/c1-20-14(10-4-3-9(16)7-11(10)17)18-15(19-20)25-8-13(22)24-6-5-12(21)23-2/h3-4,7H,5-6,8H2,1-2H3. The summed E-state index contributed by atoms with van der Waals surface area (Å²) in [4.78, 5) is 26.3. The molecule has 1 heterocycles. The lowest BCUT2D eigenvalue weighted by Gasteiger charge is -2.03. The van der Waals surface area contributed by atoms with Crippen molar-refractivity contribution in [3.63, 3.8) is 0 Å². The van der Waals surface area contributed by atoms with E-state index in [9.17, 15) is 18.4 Å². The van der Waals surface area contributed by atoms with E-state index in [2.05, 4.69) is 14.8 Å². The summed E-state index contributed by atoms with van der Waals surface area (Å²) in [5.41, 5.74) is 0.0342. The predicted octanol–water partition coefficient (Wildman–Crippen LogP) is 1.25. The first-order valence-corrected chi connectivity index (χ1v) is 7.12. The molecule has 0 fully saturated rings. The Kier molecular flexibility index (Phi) is 5.98. The quantitative estimate of drug-likeness (QED) is 0.690. The Labute approximate surface area is 141 Å². The zero-order valence-electron chi connectivity index (χ0n) is 13.5. The van der Waals surface area contributed by atoms with Gasteiger partial charge in [0.25, 0.3) is 0 Å². The molecule has 25 heavy (non-hydrogen) atoms. The molecule has 2 rings (SSSR count). The second-order valence-corrected chi connectivity index (χ2v) is 4.80. The number of carbonyl (C=O) groups excluding carboxylic acids is 2. The number of rotatable bonds is 7. The van der Waals surface area contributed by atoms with Gasteiger partial charge < -0.3 is 14.2 Å². The smallest absolute Gasteiger partial charge is 0.344 e. The second-order valence-electron chi connectivity index (χ2n) is 4.80. The number of benzene rings is 1. The summed E-state index contributed by atoms with van der Waals surface area (Å²) in [7, 11) is 2.72. The minimum atomic E-state index is -0.802. The summed E-state index contributed by atoms with van der Waals surface area (Å²) in [6.07, 6.45) is -0.0714. The van der Waals surface area contributed by atoms with Gasteiger partial charge in [-0.25, -0.2) is 18.3 Å². The highest BCUT2D eigenvalue weighted by Gasteiger charge is 2.16. The molecule has 0 saturated heterocycles. The molecule has 134 valence electrons. The van der Waals surface area contributed by atoms with Crippen molar-refractivity contribution in [1.82, 2.24) is 14.8 Å². The largest absolute Gasteiger partial charge is 0.469 e. The van der Waals surface area contributed by atoms with Crippen molar-refractivity contribution in [2.75, 3.05) is 20.3 Å². The first-order chi connectivity index (χ1) is 11.9. The van der Waals surface area contributed by atoms with E-state index in [1.165, 1.54) is 24.9 Å². The van der Waals surface area contributed by atoms with Crippen molar-refractivity contribution in [2.24, 2.45) is 7.05 Å². The monoisotopic (exact) mass is 355 g/mol. The van der Waals surface area contributed by atoms with Crippen LogP contribution in [0.25, 0.3) is 11.4 Å². The number of ether oxygens (including phenoxy) is 3. The highest BCUT2D eigenvalue weighted by Crippen LogP contribution is 2.22. The number of hydrogen-bond donors (Lipinski definition) is 0. The third-order valence-electron chi connectivity index (χ3n) is 3.03. The average molecular weight is 355 g/mol. The Bertz CT molecular complexity index is 779. The van der Waals surface area contributed by atoms with E-state index in [4.69, 9.17) is 9.47 Å². The van der Waals surface area contributed by atoms with Gasteiger partial charge in [-0.1, -0.05) is 0 Å². The Hall–Kier alpha value is -3.04. The van der Waals surface area contributed by atoms with Crippen LogP contribution in [0.4, 0.5) is 8.78 Å². The van der Waals surface area contributed by atoms with E-state index in [0.29, 0.717) is 0 Å². The van der Waals surface area contributed by atoms with E-state index in [0.717, 1.165) is 12.1 Å². The summed E-state index contributed by atoms with van der Waals surface area (Å²) < 4.78 is 42.2. The molecule has 0 aliphatic carbocycles. The third kappa shape index (κ3) is 4.96. The van der Waals surface area contributed by atoms with Gasteiger partial charge in [-0.3, -0.25) is 4.79 Å². The molecule has 2 aromatic rings. The molecular formula is C15H15F2N3O5. The van der Waals surface area contributed by atoms with E-state index in [1.807, 2.05) is 0 Å². The molecule has 0 radical (unpaired) electrons. The molecule has 0 aliphatic rings. The first-order valence-electron chi connectivity index (χ1n) is 7.12. The van der Waals surface area contributed by atoms with Gasteiger partial charge in [0.15, 0.2) is 12.4 Å². The van der Waals surface area contributed by atoms with E-state index >= 15 is 0 Å². The van der Waals surface area contributed by atoms with Gasteiger partial charge in [0.05, 0.1) is 19.1 Å². The lowest BCUT2D eigenvalue weighted by molar-refractivity contribution is -0.149. The number of aromatic nitrogens is 3. The highest BCUT2D eigenvalue weighted by molar-refractivity contribution is 5.72. The summed E-state index contributed by atoms with van der Waals surface area (Å²) in [6.45, 7) is -0.632. The van der Waals surface area contributed by atoms with Crippen LogP contribution in [-0.2, 0) is 26.1 Å². The number of nitrogens with zero attached hydrogens (tertiary/aromatic N) is 3. The molecule has 0 aliphatic heterocycles. The molecule has 0 spiro atoms. The summed E-state index contributed by atoms with van der Waals surface area (Å²) in [5.74, 6) is -2.65. The number of carbonyl (C=O) groups is 2. The van der Waals surface area contributed by atoms with Gasteiger partial charge in [0.1, 0.15) is 18.2 Å². The summed E-state index contributed by atoms with van der Waals surface area (Å²) in [5, 5.41) is 3.89. The van der Waals surface area contributed by atoms with E-state index in [1.54, 1.807) is 0 Å². The minimum absolute atomic E-state index is 0.0342. The number of hydrogen-bond acceptors (Lipinski definition) is 7. The molecule has 8 nitrogen and oxygen atoms in total. The average Bonchev–Trinajstić information content (AvgIpc) is 2.93. The fourth-order valence-corrected chi connectivity index (χ4v) is 1.84. The molecule has 0 unspecified atom stereocenters. The predicted molar refractivity (Wildman–Crippen MR) is 79.4 cm³/mol. The van der Waals surface area contributed by atoms with Crippen LogP contribution in [0.3, 0.4) is 0 Å². The van der Waals surface area contributed by atoms with Crippen LogP contribution in [0.1, 0.15) is 6.42 Å². The van der Waals surface area contributed by atoms with Gasteiger partial charge in [-0.05, 0) is 12.1 Å². The molecule has 0 amide bonds. The Morgan fingerprint density at radius 2 is 2.00 bits per heavy atom. The Morgan fingerprint density at radius 1 is 1.24 bits per heavy atom. The zero-order valence-corrected chi connectivity index (χ0v) is 13.5. The molecule has 0 bridgehead atoms. The topological polar surface area (TPSA) is 92.5 Å². The molecule has 0 atom stereocenters. The van der Waals surface area contributed by atoms with Crippen molar-refractivity contribution >= 4 is 11.9 Å². The first kappa shape index (κ1) is 18.3. The number of aryl methyl sites for hydroxylation is 1. The molecule has 1 aromatic carbocycles. The third-order valence-corrected chi connectivity index (χ3v) is 3.03.